The molecule has 0 unspecified atom stereocenters. The molecular formula is C21H25NO4. The van der Waals surface area contributed by atoms with E-state index in [9.17, 15) is 9.59 Å². The van der Waals surface area contributed by atoms with Gasteiger partial charge in [-0.3, -0.25) is 9.69 Å². The van der Waals surface area contributed by atoms with Gasteiger partial charge >= 0.3 is 12.1 Å². The summed E-state index contributed by atoms with van der Waals surface area (Å²) < 4.78 is 10.8. The molecule has 2 rings (SSSR count). The lowest BCUT2D eigenvalue weighted by Crippen LogP contribution is -2.34. The SMILES string of the molecule is CCC(=O)Oc1ccc(-c2ccccc2)cc1N(C)C(=O)OC(C)(C)C. The third kappa shape index (κ3) is 5.09. The van der Waals surface area contributed by atoms with Crippen molar-refractivity contribution in [1.82, 2.24) is 0 Å². The molecule has 0 radical (unpaired) electrons. The normalized spacial score (nSPS) is 11.0. The second kappa shape index (κ2) is 8.04. The van der Waals surface area contributed by atoms with Gasteiger partial charge in [0, 0.05) is 13.5 Å². The first-order chi connectivity index (χ1) is 12.2. The Bertz CT molecular complexity index is 778. The number of esters is 1. The van der Waals surface area contributed by atoms with Gasteiger partial charge in [0.25, 0.3) is 0 Å². The summed E-state index contributed by atoms with van der Waals surface area (Å²) in [5.41, 5.74) is 1.76. The van der Waals surface area contributed by atoms with Crippen LogP contribution in [0.1, 0.15) is 34.1 Å². The Labute approximate surface area is 154 Å². The van der Waals surface area contributed by atoms with Crippen molar-refractivity contribution in [2.24, 2.45) is 0 Å². The van der Waals surface area contributed by atoms with E-state index >= 15 is 0 Å². The zero-order valence-electron chi connectivity index (χ0n) is 15.9. The van der Waals surface area contributed by atoms with Gasteiger partial charge in [0.15, 0.2) is 5.75 Å². The van der Waals surface area contributed by atoms with Gasteiger partial charge in [0.1, 0.15) is 5.60 Å². The quantitative estimate of drug-likeness (QED) is 0.569. The van der Waals surface area contributed by atoms with Gasteiger partial charge in [0.2, 0.25) is 0 Å². The Kier molecular flexibility index (Phi) is 6.03. The van der Waals surface area contributed by atoms with Crippen LogP contribution in [0.2, 0.25) is 0 Å². The lowest BCUT2D eigenvalue weighted by Gasteiger charge is -2.26. The predicted octanol–water partition coefficient (Wildman–Crippen LogP) is 5.04. The molecule has 0 aromatic heterocycles. The second-order valence-electron chi connectivity index (χ2n) is 6.92. The third-order valence-electron chi connectivity index (χ3n) is 3.61. The minimum absolute atomic E-state index is 0.246. The topological polar surface area (TPSA) is 55.8 Å². The maximum absolute atomic E-state index is 12.5. The maximum Gasteiger partial charge on any atom is 0.414 e. The summed E-state index contributed by atoms with van der Waals surface area (Å²) in [6.07, 6.45) is -0.271. The summed E-state index contributed by atoms with van der Waals surface area (Å²) in [6, 6.07) is 15.2. The van der Waals surface area contributed by atoms with E-state index in [1.165, 1.54) is 4.90 Å². The predicted molar refractivity (Wildman–Crippen MR) is 102 cm³/mol. The molecular weight excluding hydrogens is 330 g/mol. The standard InChI is InChI=1S/C21H25NO4/c1-6-19(23)25-18-13-12-16(15-10-8-7-9-11-15)14-17(18)22(5)20(24)26-21(2,3)4/h7-14H,6H2,1-5H3. The smallest absolute Gasteiger partial charge is 0.414 e. The number of carbonyl (C=O) groups is 2. The number of ether oxygens (including phenoxy) is 2. The number of rotatable bonds is 4. The van der Waals surface area contributed by atoms with Crippen LogP contribution in [0.15, 0.2) is 48.5 Å². The number of hydrogen-bond donors (Lipinski definition) is 0. The van der Waals surface area contributed by atoms with E-state index in [1.54, 1.807) is 40.8 Å². The Hall–Kier alpha value is -2.82. The summed E-state index contributed by atoms with van der Waals surface area (Å²) in [5, 5.41) is 0. The molecule has 0 heterocycles. The Morgan fingerprint density at radius 1 is 1.00 bits per heavy atom. The molecule has 0 bridgehead atoms. The second-order valence-corrected chi connectivity index (χ2v) is 6.92. The van der Waals surface area contributed by atoms with Crippen LogP contribution in [0.5, 0.6) is 5.75 Å². The van der Waals surface area contributed by atoms with Crippen LogP contribution < -0.4 is 9.64 Å². The fraction of sp³-hybridized carbons (Fsp3) is 0.333. The van der Waals surface area contributed by atoms with E-state index in [4.69, 9.17) is 9.47 Å². The first-order valence-corrected chi connectivity index (χ1v) is 8.58. The van der Waals surface area contributed by atoms with Crippen molar-refractivity contribution < 1.29 is 19.1 Å². The van der Waals surface area contributed by atoms with Crippen LogP contribution in [0.4, 0.5) is 10.5 Å². The molecule has 0 atom stereocenters. The summed E-state index contributed by atoms with van der Waals surface area (Å²) in [6.45, 7) is 7.13. The Morgan fingerprint density at radius 3 is 2.23 bits per heavy atom. The average molecular weight is 355 g/mol. The highest BCUT2D eigenvalue weighted by Crippen LogP contribution is 2.34. The number of benzene rings is 2. The van der Waals surface area contributed by atoms with E-state index < -0.39 is 11.7 Å². The van der Waals surface area contributed by atoms with Crippen LogP contribution in [-0.2, 0) is 9.53 Å². The molecule has 0 N–H and O–H groups in total. The molecule has 138 valence electrons. The van der Waals surface area contributed by atoms with Gasteiger partial charge in [0.05, 0.1) is 5.69 Å². The van der Waals surface area contributed by atoms with Gasteiger partial charge < -0.3 is 9.47 Å². The summed E-state index contributed by atoms with van der Waals surface area (Å²) in [4.78, 5) is 25.6. The number of anilines is 1. The molecule has 2 aromatic rings. The molecule has 0 fully saturated rings. The number of hydrogen-bond acceptors (Lipinski definition) is 4. The van der Waals surface area contributed by atoms with E-state index in [0.29, 0.717) is 11.4 Å². The van der Waals surface area contributed by atoms with E-state index in [0.717, 1.165) is 11.1 Å². The number of nitrogens with zero attached hydrogens (tertiary/aromatic N) is 1. The zero-order valence-corrected chi connectivity index (χ0v) is 15.9. The Balaban J connectivity index is 2.44. The zero-order chi connectivity index (χ0) is 19.3. The highest BCUT2D eigenvalue weighted by molar-refractivity contribution is 5.91. The highest BCUT2D eigenvalue weighted by atomic mass is 16.6. The minimum Gasteiger partial charge on any atom is -0.443 e. The van der Waals surface area contributed by atoms with Crippen molar-refractivity contribution in [2.75, 3.05) is 11.9 Å². The van der Waals surface area contributed by atoms with E-state index in [1.807, 2.05) is 42.5 Å². The lowest BCUT2D eigenvalue weighted by atomic mass is 10.0. The van der Waals surface area contributed by atoms with Crippen molar-refractivity contribution in [2.45, 2.75) is 39.7 Å². The van der Waals surface area contributed by atoms with Gasteiger partial charge in [-0.1, -0.05) is 43.3 Å². The van der Waals surface area contributed by atoms with Crippen LogP contribution in [0.25, 0.3) is 11.1 Å². The largest absolute Gasteiger partial charge is 0.443 e. The minimum atomic E-state index is -0.622. The Morgan fingerprint density at radius 2 is 1.65 bits per heavy atom. The fourth-order valence-electron chi connectivity index (χ4n) is 2.30. The lowest BCUT2D eigenvalue weighted by molar-refractivity contribution is -0.133. The monoisotopic (exact) mass is 355 g/mol. The molecule has 0 aliphatic carbocycles. The van der Waals surface area contributed by atoms with Crippen molar-refractivity contribution in [3.63, 3.8) is 0 Å². The van der Waals surface area contributed by atoms with Gasteiger partial charge in [-0.05, 0) is 44.0 Å². The summed E-state index contributed by atoms with van der Waals surface area (Å²) in [5.74, 6) is -0.0406. The maximum atomic E-state index is 12.5. The molecule has 2 aromatic carbocycles. The molecule has 0 spiro atoms. The fourth-order valence-corrected chi connectivity index (χ4v) is 2.30. The molecule has 1 amide bonds. The highest BCUT2D eigenvalue weighted by Gasteiger charge is 2.23. The molecule has 0 saturated heterocycles. The average Bonchev–Trinajstić information content (AvgIpc) is 2.60. The molecule has 0 aliphatic rings. The first-order valence-electron chi connectivity index (χ1n) is 8.58. The molecule has 5 nitrogen and oxygen atoms in total. The molecule has 0 saturated carbocycles. The van der Waals surface area contributed by atoms with Gasteiger partial charge in [-0.15, -0.1) is 0 Å². The van der Waals surface area contributed by atoms with E-state index in [2.05, 4.69) is 0 Å². The van der Waals surface area contributed by atoms with Crippen molar-refractivity contribution in [3.8, 4) is 16.9 Å². The van der Waals surface area contributed by atoms with Crippen molar-refractivity contribution in [3.05, 3.63) is 48.5 Å². The van der Waals surface area contributed by atoms with E-state index in [-0.39, 0.29) is 12.4 Å². The van der Waals surface area contributed by atoms with Crippen molar-refractivity contribution in [1.29, 1.82) is 0 Å². The van der Waals surface area contributed by atoms with Crippen molar-refractivity contribution >= 4 is 17.7 Å². The van der Waals surface area contributed by atoms with Crippen LogP contribution in [0.3, 0.4) is 0 Å². The van der Waals surface area contributed by atoms with Gasteiger partial charge in [-0.25, -0.2) is 4.79 Å². The number of carbonyl (C=O) groups excluding carboxylic acids is 2. The number of amides is 1. The molecule has 26 heavy (non-hydrogen) atoms. The first kappa shape index (κ1) is 19.5. The molecule has 5 heteroatoms. The van der Waals surface area contributed by atoms with Gasteiger partial charge in [-0.2, -0.15) is 0 Å². The van der Waals surface area contributed by atoms with Crippen LogP contribution >= 0.6 is 0 Å². The van der Waals surface area contributed by atoms with Crippen LogP contribution in [0, 0.1) is 0 Å². The van der Waals surface area contributed by atoms with Crippen LogP contribution in [-0.4, -0.2) is 24.7 Å². The molecule has 0 aliphatic heterocycles. The summed E-state index contributed by atoms with van der Waals surface area (Å²) in [7, 11) is 1.60. The summed E-state index contributed by atoms with van der Waals surface area (Å²) >= 11 is 0. The third-order valence-corrected chi connectivity index (χ3v) is 3.61.